The second-order valence-electron chi connectivity index (χ2n) is 5.90. The largest absolute Gasteiger partial charge is 0.457 e. The summed E-state index contributed by atoms with van der Waals surface area (Å²) in [5, 5.41) is 2.99. The summed E-state index contributed by atoms with van der Waals surface area (Å²) in [6.45, 7) is 4.22. The van der Waals surface area contributed by atoms with Crippen LogP contribution in [-0.4, -0.2) is 32.1 Å². The molecule has 0 aromatic heterocycles. The number of amides is 1. The summed E-state index contributed by atoms with van der Waals surface area (Å²) in [4.78, 5) is 13.7. The summed E-state index contributed by atoms with van der Waals surface area (Å²) in [6, 6.07) is 16.9. The Morgan fingerprint density at radius 1 is 0.957 bits per heavy atom. The first-order valence-electron chi connectivity index (χ1n) is 8.26. The number of rotatable bonds is 6. The van der Waals surface area contributed by atoms with Crippen molar-refractivity contribution in [3.8, 4) is 11.5 Å². The summed E-state index contributed by atoms with van der Waals surface area (Å²) in [5.74, 6) is 1.50. The number of benzene rings is 2. The quantitative estimate of drug-likeness (QED) is 0.855. The molecule has 4 nitrogen and oxygen atoms in total. The molecule has 0 spiro atoms. The Morgan fingerprint density at radius 3 is 2.30 bits per heavy atom. The van der Waals surface area contributed by atoms with E-state index < -0.39 is 0 Å². The van der Waals surface area contributed by atoms with Gasteiger partial charge in [-0.3, -0.25) is 4.79 Å². The minimum absolute atomic E-state index is 0.0186. The molecule has 120 valence electrons. The molecule has 1 amide bonds. The zero-order chi connectivity index (χ0) is 15.9. The van der Waals surface area contributed by atoms with E-state index in [1.807, 2.05) is 42.5 Å². The Hall–Kier alpha value is -2.33. The molecule has 2 aromatic carbocycles. The predicted octanol–water partition coefficient (Wildman–Crippen LogP) is 1.89. The van der Waals surface area contributed by atoms with Crippen molar-refractivity contribution in [1.82, 2.24) is 5.32 Å². The van der Waals surface area contributed by atoms with E-state index >= 15 is 0 Å². The molecule has 0 aliphatic carbocycles. The van der Waals surface area contributed by atoms with Gasteiger partial charge in [0.05, 0.1) is 26.2 Å². The molecule has 1 saturated heterocycles. The lowest BCUT2D eigenvalue weighted by Crippen LogP contribution is -3.10. The van der Waals surface area contributed by atoms with Gasteiger partial charge in [0.2, 0.25) is 0 Å². The third kappa shape index (κ3) is 4.57. The maximum absolute atomic E-state index is 12.1. The smallest absolute Gasteiger partial charge is 0.251 e. The molecule has 4 heteroatoms. The molecule has 0 unspecified atom stereocenters. The highest BCUT2D eigenvalue weighted by Crippen LogP contribution is 2.20. The second kappa shape index (κ2) is 7.79. The minimum atomic E-state index is -0.0186. The summed E-state index contributed by atoms with van der Waals surface area (Å²) < 4.78 is 5.73. The van der Waals surface area contributed by atoms with Gasteiger partial charge in [-0.05, 0) is 36.4 Å². The number of para-hydroxylation sites is 1. The molecular formula is C19H23N2O2+. The van der Waals surface area contributed by atoms with Crippen LogP contribution in [0.2, 0.25) is 0 Å². The van der Waals surface area contributed by atoms with Crippen molar-refractivity contribution < 1.29 is 14.4 Å². The van der Waals surface area contributed by atoms with Gasteiger partial charge < -0.3 is 15.0 Å². The van der Waals surface area contributed by atoms with Crippen LogP contribution >= 0.6 is 0 Å². The monoisotopic (exact) mass is 311 g/mol. The van der Waals surface area contributed by atoms with Gasteiger partial charge in [0, 0.05) is 18.4 Å². The van der Waals surface area contributed by atoms with Crippen LogP contribution in [0, 0.1) is 0 Å². The Balaban J connectivity index is 1.49. The van der Waals surface area contributed by atoms with Crippen LogP contribution in [0.1, 0.15) is 23.2 Å². The number of ether oxygens (including phenoxy) is 1. The first kappa shape index (κ1) is 15.6. The predicted molar refractivity (Wildman–Crippen MR) is 90.1 cm³/mol. The number of hydrogen-bond acceptors (Lipinski definition) is 2. The number of likely N-dealkylation sites (tertiary alicyclic amines) is 1. The molecule has 2 aromatic rings. The van der Waals surface area contributed by atoms with Gasteiger partial charge in [-0.1, -0.05) is 18.2 Å². The van der Waals surface area contributed by atoms with E-state index in [-0.39, 0.29) is 5.91 Å². The van der Waals surface area contributed by atoms with Crippen molar-refractivity contribution in [3.05, 3.63) is 60.2 Å². The van der Waals surface area contributed by atoms with Crippen molar-refractivity contribution in [2.24, 2.45) is 0 Å². The number of carbonyl (C=O) groups is 1. The number of carbonyl (C=O) groups excluding carboxylic acids is 1. The SMILES string of the molecule is O=C(NCC[NH+]1CCCC1)c1ccc(Oc2ccccc2)cc1. The van der Waals surface area contributed by atoms with Crippen LogP contribution in [0.5, 0.6) is 11.5 Å². The number of nitrogens with one attached hydrogen (secondary N) is 2. The Kier molecular flexibility index (Phi) is 5.27. The third-order valence-electron chi connectivity index (χ3n) is 4.17. The van der Waals surface area contributed by atoms with E-state index in [0.717, 1.165) is 24.6 Å². The van der Waals surface area contributed by atoms with Crippen LogP contribution in [0.3, 0.4) is 0 Å². The Morgan fingerprint density at radius 2 is 1.61 bits per heavy atom. The molecular weight excluding hydrogens is 288 g/mol. The zero-order valence-corrected chi connectivity index (χ0v) is 13.3. The second-order valence-corrected chi connectivity index (χ2v) is 5.90. The lowest BCUT2D eigenvalue weighted by molar-refractivity contribution is -0.886. The highest BCUT2D eigenvalue weighted by Gasteiger charge is 2.15. The van der Waals surface area contributed by atoms with Crippen molar-refractivity contribution in [2.75, 3.05) is 26.2 Å². The molecule has 0 atom stereocenters. The van der Waals surface area contributed by atoms with E-state index in [2.05, 4.69) is 5.32 Å². The standard InChI is InChI=1S/C19H22N2O2/c22-19(20-12-15-21-13-4-5-14-21)16-8-10-18(11-9-16)23-17-6-2-1-3-7-17/h1-3,6-11H,4-5,12-15H2,(H,20,22)/p+1. The van der Waals surface area contributed by atoms with E-state index in [0.29, 0.717) is 5.56 Å². The van der Waals surface area contributed by atoms with Gasteiger partial charge in [-0.15, -0.1) is 0 Å². The van der Waals surface area contributed by atoms with Crippen molar-refractivity contribution in [2.45, 2.75) is 12.8 Å². The maximum atomic E-state index is 12.1. The highest BCUT2D eigenvalue weighted by molar-refractivity contribution is 5.94. The molecule has 1 heterocycles. The van der Waals surface area contributed by atoms with Crippen LogP contribution in [0.4, 0.5) is 0 Å². The minimum Gasteiger partial charge on any atom is -0.457 e. The molecule has 0 radical (unpaired) electrons. The normalized spacial score (nSPS) is 14.6. The zero-order valence-electron chi connectivity index (χ0n) is 13.3. The molecule has 23 heavy (non-hydrogen) atoms. The average Bonchev–Trinajstić information content (AvgIpc) is 3.10. The van der Waals surface area contributed by atoms with Crippen molar-refractivity contribution in [1.29, 1.82) is 0 Å². The fourth-order valence-electron chi connectivity index (χ4n) is 2.88. The third-order valence-corrected chi connectivity index (χ3v) is 4.17. The summed E-state index contributed by atoms with van der Waals surface area (Å²) in [5.41, 5.74) is 0.668. The first-order valence-corrected chi connectivity index (χ1v) is 8.26. The maximum Gasteiger partial charge on any atom is 0.251 e. The molecule has 1 fully saturated rings. The molecule has 1 aliphatic rings. The van der Waals surface area contributed by atoms with Gasteiger partial charge in [0.1, 0.15) is 11.5 Å². The fourth-order valence-corrected chi connectivity index (χ4v) is 2.88. The molecule has 3 rings (SSSR count). The molecule has 1 aliphatic heterocycles. The molecule has 0 bridgehead atoms. The topological polar surface area (TPSA) is 42.8 Å². The van der Waals surface area contributed by atoms with E-state index in [4.69, 9.17) is 4.74 Å². The van der Waals surface area contributed by atoms with Crippen LogP contribution in [-0.2, 0) is 0 Å². The van der Waals surface area contributed by atoms with Crippen LogP contribution in [0.25, 0.3) is 0 Å². The van der Waals surface area contributed by atoms with Crippen molar-refractivity contribution in [3.63, 3.8) is 0 Å². The number of quaternary nitrogens is 1. The van der Waals surface area contributed by atoms with Crippen molar-refractivity contribution >= 4 is 5.91 Å². The fraction of sp³-hybridized carbons (Fsp3) is 0.316. The highest BCUT2D eigenvalue weighted by atomic mass is 16.5. The first-order chi connectivity index (χ1) is 11.3. The van der Waals surface area contributed by atoms with E-state index in [1.54, 1.807) is 17.0 Å². The number of hydrogen-bond donors (Lipinski definition) is 2. The van der Waals surface area contributed by atoms with E-state index in [9.17, 15) is 4.79 Å². The Labute approximate surface area is 137 Å². The summed E-state index contributed by atoms with van der Waals surface area (Å²) >= 11 is 0. The van der Waals surface area contributed by atoms with Gasteiger partial charge >= 0.3 is 0 Å². The van der Waals surface area contributed by atoms with Crippen LogP contribution < -0.4 is 15.0 Å². The summed E-state index contributed by atoms with van der Waals surface area (Å²) in [7, 11) is 0. The van der Waals surface area contributed by atoms with Gasteiger partial charge in [0.25, 0.3) is 5.91 Å². The lowest BCUT2D eigenvalue weighted by Gasteiger charge is -2.12. The lowest BCUT2D eigenvalue weighted by atomic mass is 10.2. The molecule has 2 N–H and O–H groups in total. The summed E-state index contributed by atoms with van der Waals surface area (Å²) in [6.07, 6.45) is 2.62. The van der Waals surface area contributed by atoms with Gasteiger partial charge in [0.15, 0.2) is 0 Å². The Bertz CT molecular complexity index is 620. The van der Waals surface area contributed by atoms with Crippen LogP contribution in [0.15, 0.2) is 54.6 Å². The molecule has 0 saturated carbocycles. The van der Waals surface area contributed by atoms with Gasteiger partial charge in [-0.2, -0.15) is 0 Å². The van der Waals surface area contributed by atoms with Gasteiger partial charge in [-0.25, -0.2) is 0 Å². The average molecular weight is 311 g/mol. The van der Waals surface area contributed by atoms with E-state index in [1.165, 1.54) is 25.9 Å².